The predicted molar refractivity (Wildman–Crippen MR) is 72.8 cm³/mol. The zero-order chi connectivity index (χ0) is 13.8. The van der Waals surface area contributed by atoms with Crippen molar-refractivity contribution in [2.45, 2.75) is 32.4 Å². The van der Waals surface area contributed by atoms with Gasteiger partial charge in [-0.3, -0.25) is 9.69 Å². The molecule has 0 aliphatic carbocycles. The fraction of sp³-hybridized carbons (Fsp3) is 0.533. The number of benzene rings is 1. The minimum absolute atomic E-state index is 0.439. The lowest BCUT2D eigenvalue weighted by Crippen LogP contribution is -2.46. The number of piperidine rings is 1. The van der Waals surface area contributed by atoms with Gasteiger partial charge in [-0.15, -0.1) is 0 Å². The quantitative estimate of drug-likeness (QED) is 0.864. The third-order valence-corrected chi connectivity index (χ3v) is 3.88. The van der Waals surface area contributed by atoms with Gasteiger partial charge in [0, 0.05) is 13.1 Å². The Balaban J connectivity index is 2.00. The van der Waals surface area contributed by atoms with Gasteiger partial charge >= 0.3 is 5.97 Å². The molecule has 0 saturated carbocycles. The monoisotopic (exact) mass is 263 g/mol. The molecule has 0 radical (unpaired) electrons. The maximum Gasteiger partial charge on any atom is 0.309 e. The van der Waals surface area contributed by atoms with Crippen LogP contribution in [0, 0.1) is 5.92 Å². The SMILES string of the molecule is CCc1ccccc1CN1CC[C@H](C(=O)O)[C@H](O)C1. The maximum atomic E-state index is 11.0. The average Bonchev–Trinajstić information content (AvgIpc) is 2.39. The second-order valence-corrected chi connectivity index (χ2v) is 5.16. The number of carboxylic acid groups (broad SMARTS) is 1. The van der Waals surface area contributed by atoms with E-state index in [1.54, 1.807) is 0 Å². The van der Waals surface area contributed by atoms with Crippen LogP contribution in [0.2, 0.25) is 0 Å². The van der Waals surface area contributed by atoms with Crippen molar-refractivity contribution >= 4 is 5.97 Å². The predicted octanol–water partition coefficient (Wildman–Crippen LogP) is 1.52. The summed E-state index contributed by atoms with van der Waals surface area (Å²) in [5, 5.41) is 18.9. The molecule has 104 valence electrons. The van der Waals surface area contributed by atoms with Gasteiger partial charge in [-0.05, 0) is 30.5 Å². The topological polar surface area (TPSA) is 60.8 Å². The van der Waals surface area contributed by atoms with E-state index in [1.165, 1.54) is 11.1 Å². The highest BCUT2D eigenvalue weighted by atomic mass is 16.4. The van der Waals surface area contributed by atoms with Crippen molar-refractivity contribution in [3.05, 3.63) is 35.4 Å². The van der Waals surface area contributed by atoms with Gasteiger partial charge in [0.25, 0.3) is 0 Å². The second kappa shape index (κ2) is 6.17. The molecular weight excluding hydrogens is 242 g/mol. The zero-order valence-corrected chi connectivity index (χ0v) is 11.2. The molecule has 0 unspecified atom stereocenters. The first kappa shape index (κ1) is 14.0. The van der Waals surface area contributed by atoms with Crippen molar-refractivity contribution in [1.82, 2.24) is 4.90 Å². The van der Waals surface area contributed by atoms with Crippen LogP contribution in [-0.4, -0.2) is 40.3 Å². The summed E-state index contributed by atoms with van der Waals surface area (Å²) in [5.74, 6) is -1.50. The standard InChI is InChI=1S/C15H21NO3/c1-2-11-5-3-4-6-12(11)9-16-8-7-13(15(18)19)14(17)10-16/h3-6,13-14,17H,2,7-10H2,1H3,(H,18,19)/t13-,14+/m0/s1. The van der Waals surface area contributed by atoms with Crippen LogP contribution >= 0.6 is 0 Å². The number of carbonyl (C=O) groups is 1. The highest BCUT2D eigenvalue weighted by Gasteiger charge is 2.32. The van der Waals surface area contributed by atoms with Gasteiger partial charge in [0.2, 0.25) is 0 Å². The van der Waals surface area contributed by atoms with Crippen molar-refractivity contribution < 1.29 is 15.0 Å². The Labute approximate surface area is 113 Å². The average molecular weight is 263 g/mol. The summed E-state index contributed by atoms with van der Waals surface area (Å²) in [6, 6.07) is 8.28. The third-order valence-electron chi connectivity index (χ3n) is 3.88. The van der Waals surface area contributed by atoms with E-state index in [4.69, 9.17) is 5.11 Å². The Kier molecular flexibility index (Phi) is 4.56. The first-order chi connectivity index (χ1) is 9.11. The minimum Gasteiger partial charge on any atom is -0.481 e. The number of aliphatic hydroxyl groups is 1. The summed E-state index contributed by atoms with van der Waals surface area (Å²) in [7, 11) is 0. The summed E-state index contributed by atoms with van der Waals surface area (Å²) in [6.45, 7) is 4.08. The molecule has 1 aliphatic heterocycles. The highest BCUT2D eigenvalue weighted by molar-refractivity contribution is 5.70. The molecule has 2 atom stereocenters. The Hall–Kier alpha value is -1.39. The van der Waals surface area contributed by atoms with Gasteiger partial charge in [-0.1, -0.05) is 31.2 Å². The first-order valence-electron chi connectivity index (χ1n) is 6.81. The molecule has 0 amide bonds. The second-order valence-electron chi connectivity index (χ2n) is 5.16. The van der Waals surface area contributed by atoms with Crippen LogP contribution in [0.15, 0.2) is 24.3 Å². The fourth-order valence-corrected chi connectivity index (χ4v) is 2.73. The Bertz CT molecular complexity index is 447. The van der Waals surface area contributed by atoms with Crippen LogP contribution in [0.25, 0.3) is 0 Å². The van der Waals surface area contributed by atoms with E-state index < -0.39 is 18.0 Å². The van der Waals surface area contributed by atoms with Crippen molar-refractivity contribution in [1.29, 1.82) is 0 Å². The molecule has 0 bridgehead atoms. The lowest BCUT2D eigenvalue weighted by atomic mass is 9.93. The molecular formula is C15H21NO3. The van der Waals surface area contributed by atoms with E-state index in [2.05, 4.69) is 24.0 Å². The van der Waals surface area contributed by atoms with Crippen LogP contribution in [0.3, 0.4) is 0 Å². The van der Waals surface area contributed by atoms with Gasteiger partial charge in [0.05, 0.1) is 12.0 Å². The highest BCUT2D eigenvalue weighted by Crippen LogP contribution is 2.21. The van der Waals surface area contributed by atoms with Crippen LogP contribution in [0.5, 0.6) is 0 Å². The number of aryl methyl sites for hydroxylation is 1. The number of aliphatic hydroxyl groups excluding tert-OH is 1. The molecule has 0 spiro atoms. The van der Waals surface area contributed by atoms with Gasteiger partial charge in [0.15, 0.2) is 0 Å². The maximum absolute atomic E-state index is 11.0. The van der Waals surface area contributed by atoms with Crippen LogP contribution in [-0.2, 0) is 17.8 Å². The molecule has 2 N–H and O–H groups in total. The van der Waals surface area contributed by atoms with E-state index in [0.29, 0.717) is 13.0 Å². The molecule has 1 aliphatic rings. The Morgan fingerprint density at radius 1 is 1.37 bits per heavy atom. The Morgan fingerprint density at radius 3 is 2.63 bits per heavy atom. The van der Waals surface area contributed by atoms with Crippen molar-refractivity contribution in [3.8, 4) is 0 Å². The summed E-state index contributed by atoms with van der Waals surface area (Å²) in [5.41, 5.74) is 2.59. The van der Waals surface area contributed by atoms with E-state index in [1.807, 2.05) is 12.1 Å². The van der Waals surface area contributed by atoms with Crippen molar-refractivity contribution in [2.75, 3.05) is 13.1 Å². The summed E-state index contributed by atoms with van der Waals surface area (Å²) >= 11 is 0. The van der Waals surface area contributed by atoms with E-state index in [0.717, 1.165) is 19.5 Å². The molecule has 4 heteroatoms. The van der Waals surface area contributed by atoms with E-state index in [-0.39, 0.29) is 0 Å². The molecule has 1 heterocycles. The smallest absolute Gasteiger partial charge is 0.309 e. The number of likely N-dealkylation sites (tertiary alicyclic amines) is 1. The molecule has 19 heavy (non-hydrogen) atoms. The largest absolute Gasteiger partial charge is 0.481 e. The van der Waals surface area contributed by atoms with E-state index >= 15 is 0 Å². The van der Waals surface area contributed by atoms with Gasteiger partial charge < -0.3 is 10.2 Å². The van der Waals surface area contributed by atoms with Crippen LogP contribution in [0.4, 0.5) is 0 Å². The van der Waals surface area contributed by atoms with Gasteiger partial charge in [-0.25, -0.2) is 0 Å². The minimum atomic E-state index is -0.888. The van der Waals surface area contributed by atoms with Crippen molar-refractivity contribution in [2.24, 2.45) is 5.92 Å². The molecule has 1 aromatic carbocycles. The first-order valence-corrected chi connectivity index (χ1v) is 6.81. The van der Waals surface area contributed by atoms with E-state index in [9.17, 15) is 9.90 Å². The lowest BCUT2D eigenvalue weighted by molar-refractivity contribution is -0.148. The zero-order valence-electron chi connectivity index (χ0n) is 11.2. The third kappa shape index (κ3) is 3.33. The van der Waals surface area contributed by atoms with Gasteiger partial charge in [0.1, 0.15) is 0 Å². The molecule has 1 aromatic rings. The number of aliphatic carboxylic acids is 1. The number of nitrogens with zero attached hydrogens (tertiary/aromatic N) is 1. The summed E-state index contributed by atoms with van der Waals surface area (Å²) < 4.78 is 0. The fourth-order valence-electron chi connectivity index (χ4n) is 2.73. The molecule has 1 fully saturated rings. The van der Waals surface area contributed by atoms with Crippen molar-refractivity contribution in [3.63, 3.8) is 0 Å². The van der Waals surface area contributed by atoms with Crippen LogP contribution < -0.4 is 0 Å². The molecule has 4 nitrogen and oxygen atoms in total. The summed E-state index contributed by atoms with van der Waals surface area (Å²) in [4.78, 5) is 13.1. The number of hydrogen-bond acceptors (Lipinski definition) is 3. The number of β-amino-alcohol motifs (C(OH)–C–C–N with tert-alkyl or cyclic N) is 1. The lowest BCUT2D eigenvalue weighted by Gasteiger charge is -2.34. The molecule has 2 rings (SSSR count). The Morgan fingerprint density at radius 2 is 2.05 bits per heavy atom. The number of carboxylic acids is 1. The molecule has 1 saturated heterocycles. The number of hydrogen-bond donors (Lipinski definition) is 2. The summed E-state index contributed by atoms with van der Waals surface area (Å²) in [6.07, 6.45) is 0.745. The number of rotatable bonds is 4. The van der Waals surface area contributed by atoms with Gasteiger partial charge in [-0.2, -0.15) is 0 Å². The molecule has 0 aromatic heterocycles. The van der Waals surface area contributed by atoms with Crippen LogP contribution in [0.1, 0.15) is 24.5 Å². The normalized spacial score (nSPS) is 24.3.